The van der Waals surface area contributed by atoms with Gasteiger partial charge in [-0.05, 0) is 62.5 Å². The lowest BCUT2D eigenvalue weighted by Crippen LogP contribution is -2.11. The van der Waals surface area contributed by atoms with Gasteiger partial charge in [-0.2, -0.15) is 5.10 Å². The van der Waals surface area contributed by atoms with Crippen molar-refractivity contribution in [2.75, 3.05) is 5.32 Å². The number of hydrogen-bond donors (Lipinski definition) is 1. The highest BCUT2D eigenvalue weighted by atomic mass is 79.9. The highest BCUT2D eigenvalue weighted by Crippen LogP contribution is 2.32. The lowest BCUT2D eigenvalue weighted by molar-refractivity contribution is 0.103. The standard InChI is InChI=1S/C16H11Br2Cl2N3OS/c1-8-4-14(21-16(24)13-6-10(17)15(18)25-13)22-23(8)7-9-2-3-11(19)12(20)5-9/h2-6H,7H2,1H3,(H,21,22,24). The second-order valence-electron chi connectivity index (χ2n) is 5.26. The Bertz CT molecular complexity index is 936. The summed E-state index contributed by atoms with van der Waals surface area (Å²) in [5, 5.41) is 8.28. The van der Waals surface area contributed by atoms with E-state index in [1.54, 1.807) is 16.8 Å². The van der Waals surface area contributed by atoms with Gasteiger partial charge < -0.3 is 5.32 Å². The van der Waals surface area contributed by atoms with E-state index < -0.39 is 0 Å². The van der Waals surface area contributed by atoms with Gasteiger partial charge in [0.25, 0.3) is 5.91 Å². The summed E-state index contributed by atoms with van der Waals surface area (Å²) in [6.45, 7) is 2.47. The van der Waals surface area contributed by atoms with Gasteiger partial charge in [-0.15, -0.1) is 11.3 Å². The summed E-state index contributed by atoms with van der Waals surface area (Å²) >= 11 is 20.1. The van der Waals surface area contributed by atoms with Crippen molar-refractivity contribution in [2.24, 2.45) is 0 Å². The van der Waals surface area contributed by atoms with Crippen LogP contribution < -0.4 is 5.32 Å². The Hall–Kier alpha value is -0.860. The molecule has 9 heteroatoms. The average molecular weight is 524 g/mol. The number of thiophene rings is 1. The number of carbonyl (C=O) groups excluding carboxylic acids is 1. The molecule has 0 saturated carbocycles. The maximum absolute atomic E-state index is 12.3. The minimum atomic E-state index is -0.199. The Morgan fingerprint density at radius 1 is 1.24 bits per heavy atom. The van der Waals surface area contributed by atoms with Crippen LogP contribution in [0.25, 0.3) is 0 Å². The van der Waals surface area contributed by atoms with E-state index in [4.69, 9.17) is 23.2 Å². The molecular weight excluding hydrogens is 513 g/mol. The van der Waals surface area contributed by atoms with Gasteiger partial charge in [0.2, 0.25) is 0 Å². The number of nitrogens with one attached hydrogen (secondary N) is 1. The number of amides is 1. The fourth-order valence-electron chi connectivity index (χ4n) is 2.18. The molecule has 0 atom stereocenters. The number of anilines is 1. The van der Waals surface area contributed by atoms with E-state index in [9.17, 15) is 4.79 Å². The van der Waals surface area contributed by atoms with Gasteiger partial charge >= 0.3 is 0 Å². The van der Waals surface area contributed by atoms with Crippen LogP contribution in [0.2, 0.25) is 10.0 Å². The third kappa shape index (κ3) is 4.46. The molecule has 1 aromatic carbocycles. The second-order valence-corrected chi connectivity index (χ2v) is 9.30. The summed E-state index contributed by atoms with van der Waals surface area (Å²) in [7, 11) is 0. The molecule has 0 fully saturated rings. The van der Waals surface area contributed by atoms with E-state index >= 15 is 0 Å². The van der Waals surface area contributed by atoms with Crippen LogP contribution in [-0.2, 0) is 6.54 Å². The van der Waals surface area contributed by atoms with E-state index in [2.05, 4.69) is 42.3 Å². The Morgan fingerprint density at radius 3 is 2.64 bits per heavy atom. The highest BCUT2D eigenvalue weighted by Gasteiger charge is 2.14. The van der Waals surface area contributed by atoms with Crippen LogP contribution in [0.5, 0.6) is 0 Å². The molecule has 2 heterocycles. The van der Waals surface area contributed by atoms with Crippen molar-refractivity contribution in [3.63, 3.8) is 0 Å². The van der Waals surface area contributed by atoms with Crippen LogP contribution in [-0.4, -0.2) is 15.7 Å². The molecular formula is C16H11Br2Cl2N3OS. The predicted octanol–water partition coefficient (Wildman–Crippen LogP) is 6.39. The van der Waals surface area contributed by atoms with Crippen LogP contribution in [0.4, 0.5) is 5.82 Å². The molecule has 0 aliphatic heterocycles. The molecule has 2 aromatic heterocycles. The highest BCUT2D eigenvalue weighted by molar-refractivity contribution is 9.13. The van der Waals surface area contributed by atoms with Crippen LogP contribution in [0, 0.1) is 6.92 Å². The fraction of sp³-hybridized carbons (Fsp3) is 0.125. The van der Waals surface area contributed by atoms with Crippen LogP contribution >= 0.6 is 66.4 Å². The minimum Gasteiger partial charge on any atom is -0.304 e. The predicted molar refractivity (Wildman–Crippen MR) is 110 cm³/mol. The van der Waals surface area contributed by atoms with Crippen molar-refractivity contribution < 1.29 is 4.79 Å². The Kier molecular flexibility index (Phi) is 5.90. The topological polar surface area (TPSA) is 46.9 Å². The molecule has 4 nitrogen and oxygen atoms in total. The van der Waals surface area contributed by atoms with Crippen molar-refractivity contribution in [3.05, 3.63) is 64.8 Å². The average Bonchev–Trinajstić information content (AvgIpc) is 3.06. The summed E-state index contributed by atoms with van der Waals surface area (Å²) in [4.78, 5) is 12.9. The Labute approximate surface area is 175 Å². The number of halogens is 4. The molecule has 0 aliphatic rings. The molecule has 1 N–H and O–H groups in total. The van der Waals surface area contributed by atoms with Crippen molar-refractivity contribution >= 4 is 78.1 Å². The summed E-state index contributed by atoms with van der Waals surface area (Å²) in [6.07, 6.45) is 0. The monoisotopic (exact) mass is 521 g/mol. The first-order valence-corrected chi connectivity index (χ1v) is 10.2. The zero-order valence-corrected chi connectivity index (χ0v) is 18.3. The third-order valence-electron chi connectivity index (χ3n) is 3.41. The van der Waals surface area contributed by atoms with Gasteiger partial charge in [-0.3, -0.25) is 9.48 Å². The molecule has 3 rings (SSSR count). The van der Waals surface area contributed by atoms with Gasteiger partial charge in [0.05, 0.1) is 25.3 Å². The second kappa shape index (κ2) is 7.80. The maximum atomic E-state index is 12.3. The number of nitrogens with zero attached hydrogens (tertiary/aromatic N) is 2. The summed E-state index contributed by atoms with van der Waals surface area (Å²) in [5.41, 5.74) is 1.90. The molecule has 1 amide bonds. The molecule has 3 aromatic rings. The van der Waals surface area contributed by atoms with E-state index in [1.807, 2.05) is 25.1 Å². The summed E-state index contributed by atoms with van der Waals surface area (Å²) < 4.78 is 3.53. The first-order valence-electron chi connectivity index (χ1n) is 7.08. The Balaban J connectivity index is 1.75. The van der Waals surface area contributed by atoms with Gasteiger partial charge in [-0.25, -0.2) is 0 Å². The normalized spacial score (nSPS) is 10.9. The van der Waals surface area contributed by atoms with Crippen molar-refractivity contribution in [3.8, 4) is 0 Å². The summed E-state index contributed by atoms with van der Waals surface area (Å²) in [5.74, 6) is 0.304. The van der Waals surface area contributed by atoms with Gasteiger partial charge in [0.1, 0.15) is 0 Å². The molecule has 0 radical (unpaired) electrons. The van der Waals surface area contributed by atoms with Crippen LogP contribution in [0.1, 0.15) is 20.9 Å². The number of benzene rings is 1. The van der Waals surface area contributed by atoms with Crippen molar-refractivity contribution in [2.45, 2.75) is 13.5 Å². The first kappa shape index (κ1) is 18.9. The van der Waals surface area contributed by atoms with E-state index in [0.717, 1.165) is 19.5 Å². The SMILES string of the molecule is Cc1cc(NC(=O)c2cc(Br)c(Br)s2)nn1Cc1ccc(Cl)c(Cl)c1. The van der Waals surface area contributed by atoms with Gasteiger partial charge in [-0.1, -0.05) is 29.3 Å². The molecule has 0 unspecified atom stereocenters. The third-order valence-corrected chi connectivity index (χ3v) is 7.40. The number of aromatic nitrogens is 2. The van der Waals surface area contributed by atoms with E-state index in [1.165, 1.54) is 11.3 Å². The molecule has 0 aliphatic carbocycles. The van der Waals surface area contributed by atoms with Crippen molar-refractivity contribution in [1.82, 2.24) is 9.78 Å². The molecule has 0 spiro atoms. The number of carbonyl (C=O) groups is 1. The minimum absolute atomic E-state index is 0.199. The molecule has 130 valence electrons. The van der Waals surface area contributed by atoms with Crippen LogP contribution in [0.3, 0.4) is 0 Å². The smallest absolute Gasteiger partial charge is 0.267 e. The van der Waals surface area contributed by atoms with Crippen molar-refractivity contribution in [1.29, 1.82) is 0 Å². The lowest BCUT2D eigenvalue weighted by Gasteiger charge is -2.06. The number of hydrogen-bond acceptors (Lipinski definition) is 3. The number of rotatable bonds is 4. The Morgan fingerprint density at radius 2 is 2.00 bits per heavy atom. The maximum Gasteiger partial charge on any atom is 0.267 e. The molecule has 0 bridgehead atoms. The largest absolute Gasteiger partial charge is 0.304 e. The molecule has 0 saturated heterocycles. The lowest BCUT2D eigenvalue weighted by atomic mass is 10.2. The fourth-order valence-corrected chi connectivity index (χ4v) is 4.43. The van der Waals surface area contributed by atoms with Gasteiger partial charge in [0, 0.05) is 16.2 Å². The summed E-state index contributed by atoms with van der Waals surface area (Å²) in [6, 6.07) is 9.06. The number of aryl methyl sites for hydroxylation is 1. The molecule has 25 heavy (non-hydrogen) atoms. The van der Waals surface area contributed by atoms with Gasteiger partial charge in [0.15, 0.2) is 5.82 Å². The van der Waals surface area contributed by atoms with E-state index in [-0.39, 0.29) is 5.91 Å². The quantitative estimate of drug-likeness (QED) is 0.431. The first-order chi connectivity index (χ1) is 11.8. The van der Waals surface area contributed by atoms with Crippen LogP contribution in [0.15, 0.2) is 38.6 Å². The van der Waals surface area contributed by atoms with E-state index in [0.29, 0.717) is 27.3 Å². The zero-order chi connectivity index (χ0) is 18.1. The zero-order valence-electron chi connectivity index (χ0n) is 12.8.